The first-order valence-corrected chi connectivity index (χ1v) is 9.28. The van der Waals surface area contributed by atoms with Gasteiger partial charge in [-0.2, -0.15) is 0 Å². The van der Waals surface area contributed by atoms with Crippen molar-refractivity contribution in [3.8, 4) is 5.75 Å². The van der Waals surface area contributed by atoms with Gasteiger partial charge in [-0.15, -0.1) is 11.8 Å². The summed E-state index contributed by atoms with van der Waals surface area (Å²) in [6.45, 7) is 0.761. The van der Waals surface area contributed by atoms with E-state index in [0.717, 1.165) is 31.6 Å². The average Bonchev–Trinajstić information content (AvgIpc) is 3.11. The van der Waals surface area contributed by atoms with E-state index in [1.165, 1.54) is 0 Å². The first-order chi connectivity index (χ1) is 11.7. The van der Waals surface area contributed by atoms with Crippen molar-refractivity contribution in [2.45, 2.75) is 36.8 Å². The first kappa shape index (κ1) is 17.1. The molecule has 0 aromatic heterocycles. The van der Waals surface area contributed by atoms with Crippen LogP contribution in [0.4, 0.5) is 0 Å². The van der Waals surface area contributed by atoms with Crippen LogP contribution in [0.2, 0.25) is 0 Å². The van der Waals surface area contributed by atoms with E-state index in [0.29, 0.717) is 11.9 Å². The molecular weight excluding hydrogens is 328 g/mol. The molecule has 2 heterocycles. The monoisotopic (exact) mass is 350 g/mol. The predicted molar refractivity (Wildman–Crippen MR) is 91.8 cm³/mol. The zero-order chi connectivity index (χ0) is 16.8. The Morgan fingerprint density at radius 2 is 2.21 bits per heavy atom. The standard InChI is InChI=1S/C17H22N2O4S/c20-14(11-23-12-5-2-1-3-6-12)18-15-16(21)19-17(15)24-10-8-13-7-4-9-22-13/h1-3,5-6,13,15,17H,4,7-11H2,(H,18,20)(H,19,21)/t13?,15-,17-/m1/s1. The number of benzene rings is 1. The lowest BCUT2D eigenvalue weighted by molar-refractivity contribution is -0.134. The van der Waals surface area contributed by atoms with Crippen molar-refractivity contribution >= 4 is 23.6 Å². The summed E-state index contributed by atoms with van der Waals surface area (Å²) >= 11 is 1.65. The van der Waals surface area contributed by atoms with Crippen molar-refractivity contribution in [2.75, 3.05) is 19.0 Å². The molecule has 1 aromatic rings. The van der Waals surface area contributed by atoms with Gasteiger partial charge in [0, 0.05) is 6.61 Å². The Labute approximate surface area is 145 Å². The molecule has 1 unspecified atom stereocenters. The van der Waals surface area contributed by atoms with Crippen LogP contribution in [-0.4, -0.2) is 48.3 Å². The van der Waals surface area contributed by atoms with Crippen LogP contribution in [0.15, 0.2) is 30.3 Å². The van der Waals surface area contributed by atoms with Gasteiger partial charge in [-0.25, -0.2) is 0 Å². The lowest BCUT2D eigenvalue weighted by Gasteiger charge is -2.36. The Morgan fingerprint density at radius 3 is 2.92 bits per heavy atom. The molecule has 0 spiro atoms. The second kappa shape index (κ2) is 8.39. The minimum atomic E-state index is -0.480. The van der Waals surface area contributed by atoms with Gasteiger partial charge in [-0.1, -0.05) is 18.2 Å². The summed E-state index contributed by atoms with van der Waals surface area (Å²) in [6, 6.07) is 8.65. The fraction of sp³-hybridized carbons (Fsp3) is 0.529. The number of carbonyl (C=O) groups is 2. The summed E-state index contributed by atoms with van der Waals surface area (Å²) in [5.41, 5.74) is 0. The maximum absolute atomic E-state index is 11.9. The molecule has 2 fully saturated rings. The summed E-state index contributed by atoms with van der Waals surface area (Å²) < 4.78 is 11.0. The van der Waals surface area contributed by atoms with Crippen LogP contribution in [0.1, 0.15) is 19.3 Å². The van der Waals surface area contributed by atoms with E-state index < -0.39 is 6.04 Å². The maximum Gasteiger partial charge on any atom is 0.258 e. The van der Waals surface area contributed by atoms with E-state index >= 15 is 0 Å². The van der Waals surface area contributed by atoms with Gasteiger partial charge in [0.2, 0.25) is 5.91 Å². The SMILES string of the molecule is O=C(COc1ccccc1)N[C@@H]1C(=O)N[C@@H]1SCCC1CCCO1. The molecule has 0 radical (unpaired) electrons. The maximum atomic E-state index is 11.9. The molecule has 0 saturated carbocycles. The Balaban J connectivity index is 1.36. The van der Waals surface area contributed by atoms with E-state index in [1.54, 1.807) is 23.9 Å². The van der Waals surface area contributed by atoms with E-state index in [2.05, 4.69) is 10.6 Å². The largest absolute Gasteiger partial charge is 0.484 e. The Bertz CT molecular complexity index is 563. The molecule has 0 aliphatic carbocycles. The van der Waals surface area contributed by atoms with Crippen LogP contribution in [0.25, 0.3) is 0 Å². The van der Waals surface area contributed by atoms with Crippen LogP contribution in [0.5, 0.6) is 5.75 Å². The number of hydrogen-bond donors (Lipinski definition) is 2. The molecule has 130 valence electrons. The number of ether oxygens (including phenoxy) is 2. The van der Waals surface area contributed by atoms with Crippen molar-refractivity contribution < 1.29 is 19.1 Å². The third-order valence-corrected chi connectivity index (χ3v) is 5.28. The van der Waals surface area contributed by atoms with E-state index in [1.807, 2.05) is 18.2 Å². The number of nitrogens with one attached hydrogen (secondary N) is 2. The summed E-state index contributed by atoms with van der Waals surface area (Å²) in [5, 5.41) is 5.49. The van der Waals surface area contributed by atoms with Gasteiger partial charge in [-0.05, 0) is 37.1 Å². The normalized spacial score (nSPS) is 25.7. The molecule has 2 aliphatic heterocycles. The fourth-order valence-electron chi connectivity index (χ4n) is 2.71. The molecule has 2 saturated heterocycles. The Hall–Kier alpha value is -1.73. The Morgan fingerprint density at radius 1 is 1.38 bits per heavy atom. The zero-order valence-corrected chi connectivity index (χ0v) is 14.2. The lowest BCUT2D eigenvalue weighted by Crippen LogP contribution is -2.68. The van der Waals surface area contributed by atoms with Gasteiger partial charge in [-0.3, -0.25) is 9.59 Å². The zero-order valence-electron chi connectivity index (χ0n) is 13.4. The molecule has 2 N–H and O–H groups in total. The second-order valence-electron chi connectivity index (χ2n) is 5.87. The number of β-lactam (4-membered cyclic amide) rings is 1. The summed E-state index contributed by atoms with van der Waals surface area (Å²) in [7, 11) is 0. The number of rotatable bonds is 8. The van der Waals surface area contributed by atoms with E-state index in [4.69, 9.17) is 9.47 Å². The molecule has 1 aromatic carbocycles. The number of thioether (sulfide) groups is 1. The highest BCUT2D eigenvalue weighted by Crippen LogP contribution is 2.24. The smallest absolute Gasteiger partial charge is 0.258 e. The van der Waals surface area contributed by atoms with Crippen LogP contribution in [0, 0.1) is 0 Å². The van der Waals surface area contributed by atoms with Gasteiger partial charge in [0.05, 0.1) is 6.10 Å². The molecule has 3 atom stereocenters. The minimum Gasteiger partial charge on any atom is -0.484 e. The van der Waals surface area contributed by atoms with E-state index in [-0.39, 0.29) is 23.8 Å². The third kappa shape index (κ3) is 4.64. The lowest BCUT2D eigenvalue weighted by atomic mass is 10.1. The highest BCUT2D eigenvalue weighted by Gasteiger charge is 2.40. The quantitative estimate of drug-likeness (QED) is 0.692. The molecule has 6 nitrogen and oxygen atoms in total. The van der Waals surface area contributed by atoms with Crippen molar-refractivity contribution in [3.63, 3.8) is 0 Å². The van der Waals surface area contributed by atoms with Gasteiger partial charge in [0.15, 0.2) is 6.61 Å². The highest BCUT2D eigenvalue weighted by atomic mass is 32.2. The third-order valence-electron chi connectivity index (χ3n) is 4.06. The van der Waals surface area contributed by atoms with Crippen molar-refractivity contribution in [3.05, 3.63) is 30.3 Å². The minimum absolute atomic E-state index is 0.0698. The van der Waals surface area contributed by atoms with Crippen LogP contribution >= 0.6 is 11.8 Å². The number of para-hydroxylation sites is 1. The van der Waals surface area contributed by atoms with Crippen LogP contribution in [-0.2, 0) is 14.3 Å². The summed E-state index contributed by atoms with van der Waals surface area (Å²) in [6.07, 6.45) is 3.58. The predicted octanol–water partition coefficient (Wildman–Crippen LogP) is 1.31. The number of amides is 2. The molecule has 3 rings (SSSR count). The highest BCUT2D eigenvalue weighted by molar-refractivity contribution is 8.00. The molecule has 2 aliphatic rings. The number of hydrogen-bond acceptors (Lipinski definition) is 5. The van der Waals surface area contributed by atoms with Crippen molar-refractivity contribution in [1.82, 2.24) is 10.6 Å². The molecule has 2 amide bonds. The van der Waals surface area contributed by atoms with Gasteiger partial charge in [0.25, 0.3) is 5.91 Å². The molecule has 0 bridgehead atoms. The number of carbonyl (C=O) groups excluding carboxylic acids is 2. The molecular formula is C17H22N2O4S. The topological polar surface area (TPSA) is 76.7 Å². The Kier molecular flexibility index (Phi) is 5.98. The summed E-state index contributed by atoms with van der Waals surface area (Å²) in [4.78, 5) is 23.6. The summed E-state index contributed by atoms with van der Waals surface area (Å²) in [5.74, 6) is 1.11. The van der Waals surface area contributed by atoms with Gasteiger partial charge in [0.1, 0.15) is 17.2 Å². The fourth-order valence-corrected chi connectivity index (χ4v) is 3.95. The van der Waals surface area contributed by atoms with E-state index in [9.17, 15) is 9.59 Å². The van der Waals surface area contributed by atoms with Crippen LogP contribution < -0.4 is 15.4 Å². The first-order valence-electron chi connectivity index (χ1n) is 8.23. The molecule has 24 heavy (non-hydrogen) atoms. The average molecular weight is 350 g/mol. The van der Waals surface area contributed by atoms with Gasteiger partial charge < -0.3 is 20.1 Å². The van der Waals surface area contributed by atoms with Crippen LogP contribution in [0.3, 0.4) is 0 Å². The van der Waals surface area contributed by atoms with Gasteiger partial charge >= 0.3 is 0 Å². The van der Waals surface area contributed by atoms with Crippen molar-refractivity contribution in [2.24, 2.45) is 0 Å². The van der Waals surface area contributed by atoms with Crippen molar-refractivity contribution in [1.29, 1.82) is 0 Å². The second-order valence-corrected chi connectivity index (χ2v) is 7.12. The molecule has 7 heteroatoms.